The van der Waals surface area contributed by atoms with Crippen LogP contribution in [0.4, 0.5) is 0 Å². The van der Waals surface area contributed by atoms with E-state index in [4.69, 9.17) is 4.74 Å². The molecule has 1 unspecified atom stereocenters. The normalized spacial score (nSPS) is 19.9. The highest BCUT2D eigenvalue weighted by atomic mass is 16.5. The lowest BCUT2D eigenvalue weighted by Gasteiger charge is -2.23. The second-order valence-corrected chi connectivity index (χ2v) is 7.43. The largest absolute Gasteiger partial charge is 0.469 e. The second-order valence-electron chi connectivity index (χ2n) is 7.43. The molecule has 2 aromatic rings. The molecular formula is C22H29N3O. The molecule has 2 aliphatic rings. The second kappa shape index (κ2) is 8.65. The van der Waals surface area contributed by atoms with Gasteiger partial charge in [0.15, 0.2) is 6.23 Å². The molecule has 0 radical (unpaired) electrons. The van der Waals surface area contributed by atoms with Crippen LogP contribution in [0.2, 0.25) is 0 Å². The van der Waals surface area contributed by atoms with Crippen molar-refractivity contribution >= 4 is 0 Å². The molecule has 1 aromatic heterocycles. The molecule has 1 aliphatic carbocycles. The summed E-state index contributed by atoms with van der Waals surface area (Å²) in [5, 5.41) is 7.28. The molecular weight excluding hydrogens is 322 g/mol. The highest BCUT2D eigenvalue weighted by molar-refractivity contribution is 5.41. The minimum Gasteiger partial charge on any atom is -0.469 e. The van der Waals surface area contributed by atoms with Crippen LogP contribution in [-0.2, 0) is 6.42 Å². The number of pyridine rings is 1. The molecule has 1 saturated carbocycles. The molecule has 0 saturated heterocycles. The van der Waals surface area contributed by atoms with E-state index in [2.05, 4.69) is 39.9 Å². The minimum atomic E-state index is -0.176. The minimum absolute atomic E-state index is 0.176. The third-order valence-electron chi connectivity index (χ3n) is 5.49. The quantitative estimate of drug-likeness (QED) is 0.773. The van der Waals surface area contributed by atoms with E-state index in [1.54, 1.807) is 0 Å². The Labute approximate surface area is 156 Å². The van der Waals surface area contributed by atoms with Crippen LogP contribution in [0, 0.1) is 0 Å². The Morgan fingerprint density at radius 3 is 2.65 bits per heavy atom. The van der Waals surface area contributed by atoms with Gasteiger partial charge in [0, 0.05) is 25.2 Å². The summed E-state index contributed by atoms with van der Waals surface area (Å²) in [5.74, 6) is 0.961. The van der Waals surface area contributed by atoms with E-state index < -0.39 is 0 Å². The maximum atomic E-state index is 6.29. The number of hydrogen-bond acceptors (Lipinski definition) is 4. The lowest BCUT2D eigenvalue weighted by atomic mass is 9.95. The smallest absolute Gasteiger partial charge is 0.193 e. The van der Waals surface area contributed by atoms with Gasteiger partial charge in [-0.2, -0.15) is 0 Å². The zero-order valence-corrected chi connectivity index (χ0v) is 15.4. The SMILES string of the molecule is c1ccc2c(c1)Cc1cccnc1C(NCCCNC1CCCCC1)O2. The Morgan fingerprint density at radius 2 is 1.73 bits per heavy atom. The Bertz CT molecular complexity index is 712. The van der Waals surface area contributed by atoms with Crippen molar-refractivity contribution in [2.24, 2.45) is 0 Å². The zero-order chi connectivity index (χ0) is 17.6. The molecule has 4 nitrogen and oxygen atoms in total. The third-order valence-corrected chi connectivity index (χ3v) is 5.49. The van der Waals surface area contributed by atoms with Crippen molar-refractivity contribution in [2.75, 3.05) is 13.1 Å². The maximum absolute atomic E-state index is 6.29. The fraction of sp³-hybridized carbons (Fsp3) is 0.500. The number of ether oxygens (including phenoxy) is 1. The van der Waals surface area contributed by atoms with E-state index in [-0.39, 0.29) is 6.23 Å². The molecule has 0 amide bonds. The number of para-hydroxylation sites is 1. The Hall–Kier alpha value is -1.91. The average Bonchev–Trinajstić information content (AvgIpc) is 2.85. The summed E-state index contributed by atoms with van der Waals surface area (Å²) in [5.41, 5.74) is 3.49. The van der Waals surface area contributed by atoms with Crippen molar-refractivity contribution in [3.05, 3.63) is 59.4 Å². The first-order valence-corrected chi connectivity index (χ1v) is 10.1. The van der Waals surface area contributed by atoms with Crippen molar-refractivity contribution in [3.63, 3.8) is 0 Å². The van der Waals surface area contributed by atoms with Crippen LogP contribution in [0.1, 0.15) is 61.6 Å². The van der Waals surface area contributed by atoms with Crippen LogP contribution < -0.4 is 15.4 Å². The predicted molar refractivity (Wildman–Crippen MR) is 104 cm³/mol. The van der Waals surface area contributed by atoms with Crippen molar-refractivity contribution in [2.45, 2.75) is 57.2 Å². The zero-order valence-electron chi connectivity index (χ0n) is 15.4. The van der Waals surface area contributed by atoms with Crippen LogP contribution in [-0.4, -0.2) is 24.1 Å². The molecule has 4 heteroatoms. The van der Waals surface area contributed by atoms with Gasteiger partial charge >= 0.3 is 0 Å². The Morgan fingerprint density at radius 1 is 0.923 bits per heavy atom. The van der Waals surface area contributed by atoms with Gasteiger partial charge in [-0.1, -0.05) is 43.5 Å². The standard InChI is InChI=1S/C22H29N3O/c1-2-10-19(11-3-1)23-14-7-15-25-22-21-18(9-6-13-24-21)16-17-8-4-5-12-20(17)26-22/h4-6,8-9,12-13,19,22-23,25H,1-3,7,10-11,14-16H2. The summed E-state index contributed by atoms with van der Waals surface area (Å²) in [6.07, 6.45) is 10.5. The Kier molecular flexibility index (Phi) is 5.82. The van der Waals surface area contributed by atoms with Crippen molar-refractivity contribution in [1.29, 1.82) is 0 Å². The molecule has 1 aliphatic heterocycles. The van der Waals surface area contributed by atoms with Crippen LogP contribution in [0.25, 0.3) is 0 Å². The van der Waals surface area contributed by atoms with Crippen LogP contribution in [0.5, 0.6) is 5.75 Å². The molecule has 4 rings (SSSR count). The fourth-order valence-electron chi connectivity index (χ4n) is 4.06. The number of nitrogens with zero attached hydrogens (tertiary/aromatic N) is 1. The molecule has 1 atom stereocenters. The van der Waals surface area contributed by atoms with E-state index in [1.807, 2.05) is 18.3 Å². The van der Waals surface area contributed by atoms with Gasteiger partial charge in [-0.3, -0.25) is 10.3 Å². The highest BCUT2D eigenvalue weighted by Crippen LogP contribution is 2.31. The van der Waals surface area contributed by atoms with Crippen molar-refractivity contribution in [3.8, 4) is 5.75 Å². The summed E-state index contributed by atoms with van der Waals surface area (Å²) < 4.78 is 6.29. The number of aromatic nitrogens is 1. The number of benzene rings is 1. The predicted octanol–water partition coefficient (Wildman–Crippen LogP) is 3.97. The fourth-order valence-corrected chi connectivity index (χ4v) is 4.06. The molecule has 1 aromatic carbocycles. The van der Waals surface area contributed by atoms with Gasteiger partial charge in [0.05, 0.1) is 5.69 Å². The first-order chi connectivity index (χ1) is 12.9. The topological polar surface area (TPSA) is 46.2 Å². The number of fused-ring (bicyclic) bond motifs is 2. The first kappa shape index (κ1) is 17.5. The van der Waals surface area contributed by atoms with Gasteiger partial charge in [0.2, 0.25) is 0 Å². The number of hydrogen-bond donors (Lipinski definition) is 2. The van der Waals surface area contributed by atoms with Crippen LogP contribution >= 0.6 is 0 Å². The average molecular weight is 351 g/mol. The van der Waals surface area contributed by atoms with E-state index in [0.717, 1.165) is 43.4 Å². The lowest BCUT2D eigenvalue weighted by molar-refractivity contribution is 0.162. The monoisotopic (exact) mass is 351 g/mol. The summed E-state index contributed by atoms with van der Waals surface area (Å²) in [6.45, 7) is 1.98. The van der Waals surface area contributed by atoms with E-state index >= 15 is 0 Å². The molecule has 26 heavy (non-hydrogen) atoms. The molecule has 2 heterocycles. The highest BCUT2D eigenvalue weighted by Gasteiger charge is 2.23. The molecule has 138 valence electrons. The molecule has 2 N–H and O–H groups in total. The molecule has 0 bridgehead atoms. The number of nitrogens with one attached hydrogen (secondary N) is 2. The summed E-state index contributed by atoms with van der Waals surface area (Å²) in [7, 11) is 0. The summed E-state index contributed by atoms with van der Waals surface area (Å²) in [4.78, 5) is 4.61. The maximum Gasteiger partial charge on any atom is 0.193 e. The van der Waals surface area contributed by atoms with Crippen molar-refractivity contribution in [1.82, 2.24) is 15.6 Å². The lowest BCUT2D eigenvalue weighted by Crippen LogP contribution is -2.34. The Balaban J connectivity index is 1.34. The first-order valence-electron chi connectivity index (χ1n) is 10.1. The van der Waals surface area contributed by atoms with E-state index in [1.165, 1.54) is 43.2 Å². The third kappa shape index (κ3) is 4.25. The van der Waals surface area contributed by atoms with Crippen LogP contribution in [0.15, 0.2) is 42.6 Å². The molecule has 0 spiro atoms. The summed E-state index contributed by atoms with van der Waals surface area (Å²) in [6, 6.07) is 13.2. The van der Waals surface area contributed by atoms with Gasteiger partial charge in [0.1, 0.15) is 5.75 Å². The van der Waals surface area contributed by atoms with E-state index in [0.29, 0.717) is 0 Å². The van der Waals surface area contributed by atoms with Crippen molar-refractivity contribution < 1.29 is 4.74 Å². The van der Waals surface area contributed by atoms with Gasteiger partial charge in [-0.25, -0.2) is 0 Å². The molecule has 1 fully saturated rings. The van der Waals surface area contributed by atoms with Gasteiger partial charge in [0.25, 0.3) is 0 Å². The van der Waals surface area contributed by atoms with Gasteiger partial charge in [-0.05, 0) is 49.1 Å². The van der Waals surface area contributed by atoms with Crippen LogP contribution in [0.3, 0.4) is 0 Å². The van der Waals surface area contributed by atoms with Gasteiger partial charge < -0.3 is 10.1 Å². The van der Waals surface area contributed by atoms with E-state index in [9.17, 15) is 0 Å². The summed E-state index contributed by atoms with van der Waals surface area (Å²) >= 11 is 0. The van der Waals surface area contributed by atoms with Gasteiger partial charge in [-0.15, -0.1) is 0 Å². The number of rotatable bonds is 6.